The van der Waals surface area contributed by atoms with Gasteiger partial charge in [0.15, 0.2) is 12.2 Å². The molecule has 84 valence electrons. The Morgan fingerprint density at radius 2 is 2.25 bits per heavy atom. The van der Waals surface area contributed by atoms with E-state index in [9.17, 15) is 0 Å². The predicted molar refractivity (Wildman–Crippen MR) is 64.4 cm³/mol. The van der Waals surface area contributed by atoms with Crippen molar-refractivity contribution in [2.24, 2.45) is 0 Å². The van der Waals surface area contributed by atoms with Crippen LogP contribution >= 0.6 is 11.6 Å². The topological polar surface area (TPSA) is 38.1 Å². The van der Waals surface area contributed by atoms with Crippen molar-refractivity contribution < 1.29 is 4.42 Å². The lowest BCUT2D eigenvalue weighted by Gasteiger charge is -2.05. The molecule has 0 aliphatic heterocycles. The van der Waals surface area contributed by atoms with E-state index in [2.05, 4.69) is 10.3 Å². The number of oxazole rings is 1. The van der Waals surface area contributed by atoms with E-state index in [0.717, 1.165) is 22.6 Å². The standard InChI is InChI=1S/C12H13ClN2O/c1-8-3-4-9(13)5-10(8)12-11(6-14-2)15-7-16-12/h3-5,7,14H,6H2,1-2H3. The minimum atomic E-state index is 0.678. The zero-order chi connectivity index (χ0) is 11.5. The smallest absolute Gasteiger partial charge is 0.181 e. The fourth-order valence-electron chi connectivity index (χ4n) is 1.62. The summed E-state index contributed by atoms with van der Waals surface area (Å²) in [4.78, 5) is 4.18. The van der Waals surface area contributed by atoms with Crippen LogP contribution in [-0.2, 0) is 6.54 Å². The van der Waals surface area contributed by atoms with Gasteiger partial charge in [0.05, 0.1) is 0 Å². The molecular weight excluding hydrogens is 224 g/mol. The highest BCUT2D eigenvalue weighted by Crippen LogP contribution is 2.28. The number of aryl methyl sites for hydroxylation is 1. The molecule has 0 amide bonds. The number of nitrogens with zero attached hydrogens (tertiary/aromatic N) is 1. The van der Waals surface area contributed by atoms with Crippen molar-refractivity contribution in [3.05, 3.63) is 40.9 Å². The van der Waals surface area contributed by atoms with Gasteiger partial charge >= 0.3 is 0 Å². The molecular formula is C12H13ClN2O. The molecule has 0 saturated heterocycles. The number of nitrogens with one attached hydrogen (secondary N) is 1. The first-order valence-electron chi connectivity index (χ1n) is 5.06. The van der Waals surface area contributed by atoms with Gasteiger partial charge in [-0.25, -0.2) is 4.98 Å². The van der Waals surface area contributed by atoms with Gasteiger partial charge < -0.3 is 9.73 Å². The molecule has 0 bridgehead atoms. The number of halogens is 1. The molecule has 0 aliphatic rings. The Morgan fingerprint density at radius 1 is 1.44 bits per heavy atom. The Morgan fingerprint density at radius 3 is 3.00 bits per heavy atom. The van der Waals surface area contributed by atoms with Gasteiger partial charge in [-0.05, 0) is 31.7 Å². The van der Waals surface area contributed by atoms with Crippen LogP contribution in [-0.4, -0.2) is 12.0 Å². The van der Waals surface area contributed by atoms with E-state index in [1.165, 1.54) is 6.39 Å². The molecule has 1 aromatic carbocycles. The molecule has 3 nitrogen and oxygen atoms in total. The number of hydrogen-bond acceptors (Lipinski definition) is 3. The van der Waals surface area contributed by atoms with Crippen LogP contribution in [0, 0.1) is 6.92 Å². The maximum atomic E-state index is 5.99. The molecule has 0 atom stereocenters. The van der Waals surface area contributed by atoms with Gasteiger partial charge in [-0.2, -0.15) is 0 Å². The second-order valence-electron chi connectivity index (χ2n) is 3.62. The summed E-state index contributed by atoms with van der Waals surface area (Å²) in [5.41, 5.74) is 3.02. The fraction of sp³-hybridized carbons (Fsp3) is 0.250. The molecule has 16 heavy (non-hydrogen) atoms. The summed E-state index contributed by atoms with van der Waals surface area (Å²) in [6.07, 6.45) is 1.46. The molecule has 4 heteroatoms. The number of hydrogen-bond donors (Lipinski definition) is 1. The summed E-state index contributed by atoms with van der Waals surface area (Å²) >= 11 is 5.99. The monoisotopic (exact) mass is 236 g/mol. The maximum Gasteiger partial charge on any atom is 0.181 e. The van der Waals surface area contributed by atoms with Gasteiger partial charge in [0.25, 0.3) is 0 Å². The van der Waals surface area contributed by atoms with E-state index >= 15 is 0 Å². The minimum Gasteiger partial charge on any atom is -0.443 e. The molecule has 0 aliphatic carbocycles. The highest BCUT2D eigenvalue weighted by Gasteiger charge is 2.12. The Balaban J connectivity index is 2.49. The number of aromatic nitrogens is 1. The third kappa shape index (κ3) is 2.10. The highest BCUT2D eigenvalue weighted by molar-refractivity contribution is 6.30. The lowest BCUT2D eigenvalue weighted by Crippen LogP contribution is -2.06. The van der Waals surface area contributed by atoms with Crippen LogP contribution in [0.1, 0.15) is 11.3 Å². The lowest BCUT2D eigenvalue weighted by atomic mass is 10.1. The largest absolute Gasteiger partial charge is 0.443 e. The van der Waals surface area contributed by atoms with Gasteiger partial charge in [0, 0.05) is 17.1 Å². The summed E-state index contributed by atoms with van der Waals surface area (Å²) in [6.45, 7) is 2.70. The third-order valence-corrected chi connectivity index (χ3v) is 2.66. The van der Waals surface area contributed by atoms with Crippen molar-refractivity contribution in [2.45, 2.75) is 13.5 Å². The summed E-state index contributed by atoms with van der Waals surface area (Å²) < 4.78 is 5.43. The van der Waals surface area contributed by atoms with Crippen LogP contribution < -0.4 is 5.32 Å². The van der Waals surface area contributed by atoms with Gasteiger partial charge in [-0.15, -0.1) is 0 Å². The average Bonchev–Trinajstić information content (AvgIpc) is 2.70. The second kappa shape index (κ2) is 4.68. The summed E-state index contributed by atoms with van der Waals surface area (Å²) in [5.74, 6) is 0.786. The normalized spacial score (nSPS) is 10.7. The molecule has 0 radical (unpaired) electrons. The second-order valence-corrected chi connectivity index (χ2v) is 4.05. The van der Waals surface area contributed by atoms with Crippen molar-refractivity contribution in [2.75, 3.05) is 7.05 Å². The fourth-order valence-corrected chi connectivity index (χ4v) is 1.79. The summed E-state index contributed by atoms with van der Waals surface area (Å²) in [6, 6.07) is 5.74. The molecule has 0 unspecified atom stereocenters. The Bertz CT molecular complexity index is 494. The van der Waals surface area contributed by atoms with Crippen LogP contribution in [0.4, 0.5) is 0 Å². The number of benzene rings is 1. The van der Waals surface area contributed by atoms with Crippen molar-refractivity contribution in [3.63, 3.8) is 0 Å². The predicted octanol–water partition coefficient (Wildman–Crippen LogP) is 3.02. The zero-order valence-electron chi connectivity index (χ0n) is 9.25. The van der Waals surface area contributed by atoms with Crippen molar-refractivity contribution in [1.29, 1.82) is 0 Å². The van der Waals surface area contributed by atoms with Crippen molar-refractivity contribution >= 4 is 11.6 Å². The van der Waals surface area contributed by atoms with Crippen LogP contribution in [0.15, 0.2) is 29.0 Å². The summed E-state index contributed by atoms with van der Waals surface area (Å²) in [7, 11) is 1.88. The van der Waals surface area contributed by atoms with Crippen LogP contribution in [0.5, 0.6) is 0 Å². The maximum absolute atomic E-state index is 5.99. The average molecular weight is 237 g/mol. The quantitative estimate of drug-likeness (QED) is 0.890. The van der Waals surface area contributed by atoms with E-state index < -0.39 is 0 Å². The number of rotatable bonds is 3. The van der Waals surface area contributed by atoms with E-state index in [1.807, 2.05) is 32.2 Å². The van der Waals surface area contributed by atoms with Crippen LogP contribution in [0.2, 0.25) is 5.02 Å². The lowest BCUT2D eigenvalue weighted by molar-refractivity contribution is 0.570. The Kier molecular flexibility index (Phi) is 3.27. The zero-order valence-corrected chi connectivity index (χ0v) is 10.0. The molecule has 2 rings (SSSR count). The Hall–Kier alpha value is -1.32. The minimum absolute atomic E-state index is 0.678. The summed E-state index contributed by atoms with van der Waals surface area (Å²) in [5, 5.41) is 3.76. The van der Waals surface area contributed by atoms with Gasteiger partial charge in [-0.1, -0.05) is 17.7 Å². The SMILES string of the molecule is CNCc1ncoc1-c1cc(Cl)ccc1C. The van der Waals surface area contributed by atoms with E-state index in [1.54, 1.807) is 0 Å². The Labute approximate surface area is 99.5 Å². The molecule has 0 spiro atoms. The molecule has 2 aromatic rings. The first kappa shape index (κ1) is 11.2. The van der Waals surface area contributed by atoms with Gasteiger partial charge in [0.1, 0.15) is 5.69 Å². The molecule has 1 N–H and O–H groups in total. The third-order valence-electron chi connectivity index (χ3n) is 2.43. The van der Waals surface area contributed by atoms with Crippen LogP contribution in [0.3, 0.4) is 0 Å². The van der Waals surface area contributed by atoms with E-state index in [0.29, 0.717) is 11.6 Å². The molecule has 0 fully saturated rings. The first-order chi connectivity index (χ1) is 7.72. The molecule has 1 aromatic heterocycles. The highest BCUT2D eigenvalue weighted by atomic mass is 35.5. The first-order valence-corrected chi connectivity index (χ1v) is 5.43. The van der Waals surface area contributed by atoms with Crippen molar-refractivity contribution in [3.8, 4) is 11.3 Å². The molecule has 0 saturated carbocycles. The van der Waals surface area contributed by atoms with E-state index in [4.69, 9.17) is 16.0 Å². The van der Waals surface area contributed by atoms with Crippen molar-refractivity contribution in [1.82, 2.24) is 10.3 Å². The van der Waals surface area contributed by atoms with Gasteiger partial charge in [-0.3, -0.25) is 0 Å². The van der Waals surface area contributed by atoms with Gasteiger partial charge in [0.2, 0.25) is 0 Å². The van der Waals surface area contributed by atoms with Crippen LogP contribution in [0.25, 0.3) is 11.3 Å². The van der Waals surface area contributed by atoms with E-state index in [-0.39, 0.29) is 0 Å². The molecule has 1 heterocycles.